The van der Waals surface area contributed by atoms with Crippen molar-refractivity contribution in [1.82, 2.24) is 10.2 Å². The highest BCUT2D eigenvalue weighted by Crippen LogP contribution is 2.08. The van der Waals surface area contributed by atoms with E-state index in [2.05, 4.69) is 5.32 Å². The van der Waals surface area contributed by atoms with Crippen molar-refractivity contribution in [2.45, 2.75) is 19.9 Å². The third-order valence-corrected chi connectivity index (χ3v) is 1.90. The van der Waals surface area contributed by atoms with E-state index in [1.54, 1.807) is 13.8 Å². The van der Waals surface area contributed by atoms with E-state index < -0.39 is 12.1 Å². The summed E-state index contributed by atoms with van der Waals surface area (Å²) in [6.07, 6.45) is 0. The number of nitriles is 1. The highest BCUT2D eigenvalue weighted by molar-refractivity contribution is 6.03. The van der Waals surface area contributed by atoms with Crippen LogP contribution in [0.1, 0.15) is 13.8 Å². The smallest absolute Gasteiger partial charge is 0.324 e. The fraction of sp³-hybridized carbons (Fsp3) is 0.625. The van der Waals surface area contributed by atoms with Crippen molar-refractivity contribution >= 4 is 11.9 Å². The molecule has 5 nitrogen and oxygen atoms in total. The molecule has 1 heterocycles. The molecule has 0 radical (unpaired) electrons. The zero-order chi connectivity index (χ0) is 10.0. The van der Waals surface area contributed by atoms with Gasteiger partial charge in [-0.1, -0.05) is 0 Å². The molecule has 3 amide bonds. The van der Waals surface area contributed by atoms with Crippen LogP contribution in [0.3, 0.4) is 0 Å². The molecular formula is C8H11N3O2. The quantitative estimate of drug-likeness (QED) is 0.613. The van der Waals surface area contributed by atoms with Gasteiger partial charge < -0.3 is 5.32 Å². The number of hydrogen-bond donors (Lipinski definition) is 1. The highest BCUT2D eigenvalue weighted by Gasteiger charge is 2.35. The lowest BCUT2D eigenvalue weighted by atomic mass is 10.2. The van der Waals surface area contributed by atoms with Gasteiger partial charge in [-0.05, 0) is 13.8 Å². The van der Waals surface area contributed by atoms with E-state index in [9.17, 15) is 9.59 Å². The van der Waals surface area contributed by atoms with Crippen molar-refractivity contribution < 1.29 is 9.59 Å². The molecule has 1 N–H and O–H groups in total. The third kappa shape index (κ3) is 1.78. The van der Waals surface area contributed by atoms with Crippen molar-refractivity contribution in [2.75, 3.05) is 6.54 Å². The number of amides is 3. The van der Waals surface area contributed by atoms with Crippen molar-refractivity contribution in [1.29, 1.82) is 5.26 Å². The SMILES string of the molecule is CC(C#N)CN1C(=O)N[C@H](C)C1=O. The van der Waals surface area contributed by atoms with Crippen LogP contribution in [0, 0.1) is 17.2 Å². The Balaban J connectivity index is 2.65. The van der Waals surface area contributed by atoms with Gasteiger partial charge in [0.05, 0.1) is 12.0 Å². The normalized spacial score (nSPS) is 24.1. The minimum absolute atomic E-state index is 0.172. The van der Waals surface area contributed by atoms with E-state index in [1.807, 2.05) is 6.07 Å². The van der Waals surface area contributed by atoms with Gasteiger partial charge in [0.2, 0.25) is 0 Å². The molecule has 0 bridgehead atoms. The van der Waals surface area contributed by atoms with Crippen molar-refractivity contribution in [3.63, 3.8) is 0 Å². The molecule has 0 saturated carbocycles. The number of imide groups is 1. The molecular weight excluding hydrogens is 170 g/mol. The van der Waals surface area contributed by atoms with Crippen LogP contribution in [0.2, 0.25) is 0 Å². The first kappa shape index (κ1) is 9.52. The van der Waals surface area contributed by atoms with E-state index in [1.165, 1.54) is 0 Å². The first-order valence-corrected chi connectivity index (χ1v) is 4.07. The maximum absolute atomic E-state index is 11.3. The predicted octanol–water partition coefficient (Wildman–Crippen LogP) is 0.0864. The molecule has 0 aliphatic carbocycles. The van der Waals surface area contributed by atoms with Crippen LogP contribution in [-0.4, -0.2) is 29.4 Å². The second kappa shape index (κ2) is 3.44. The maximum Gasteiger partial charge on any atom is 0.324 e. The maximum atomic E-state index is 11.3. The minimum atomic E-state index is -0.460. The lowest BCUT2D eigenvalue weighted by Gasteiger charge is -2.12. The fourth-order valence-electron chi connectivity index (χ4n) is 1.15. The Morgan fingerprint density at radius 1 is 1.69 bits per heavy atom. The summed E-state index contributed by atoms with van der Waals surface area (Å²) >= 11 is 0. The molecule has 1 fully saturated rings. The summed E-state index contributed by atoms with van der Waals surface area (Å²) in [4.78, 5) is 23.5. The Hall–Kier alpha value is -1.57. The first-order chi connectivity index (χ1) is 6.06. The summed E-state index contributed by atoms with van der Waals surface area (Å²) in [6, 6.07) is 1.11. The minimum Gasteiger partial charge on any atom is -0.326 e. The molecule has 70 valence electrons. The first-order valence-electron chi connectivity index (χ1n) is 4.07. The van der Waals surface area contributed by atoms with E-state index in [4.69, 9.17) is 5.26 Å². The second-order valence-corrected chi connectivity index (χ2v) is 3.15. The molecule has 1 unspecified atom stereocenters. The zero-order valence-corrected chi connectivity index (χ0v) is 7.57. The number of nitrogens with one attached hydrogen (secondary N) is 1. The van der Waals surface area contributed by atoms with Crippen LogP contribution >= 0.6 is 0 Å². The third-order valence-electron chi connectivity index (χ3n) is 1.90. The summed E-state index contributed by atoms with van der Waals surface area (Å²) in [5.41, 5.74) is 0. The van der Waals surface area contributed by atoms with Crippen molar-refractivity contribution in [3.8, 4) is 6.07 Å². The Bertz CT molecular complexity index is 282. The molecule has 0 spiro atoms. The summed E-state index contributed by atoms with van der Waals surface area (Å²) in [5.74, 6) is -0.577. The number of nitrogens with zero attached hydrogens (tertiary/aromatic N) is 2. The molecule has 0 aromatic heterocycles. The molecule has 1 aliphatic heterocycles. The molecule has 0 aromatic rings. The Morgan fingerprint density at radius 2 is 2.31 bits per heavy atom. The van der Waals surface area contributed by atoms with E-state index >= 15 is 0 Å². The number of urea groups is 1. The summed E-state index contributed by atoms with van der Waals surface area (Å²) in [5, 5.41) is 11.0. The Labute approximate surface area is 76.3 Å². The Kier molecular flexibility index (Phi) is 2.52. The molecule has 2 atom stereocenters. The van der Waals surface area contributed by atoms with Gasteiger partial charge in [0.25, 0.3) is 5.91 Å². The van der Waals surface area contributed by atoms with Crippen LogP contribution in [0.5, 0.6) is 0 Å². The lowest BCUT2D eigenvalue weighted by molar-refractivity contribution is -0.127. The van der Waals surface area contributed by atoms with Gasteiger partial charge in [-0.2, -0.15) is 5.26 Å². The highest BCUT2D eigenvalue weighted by atomic mass is 16.2. The molecule has 0 aromatic carbocycles. The summed E-state index contributed by atoms with van der Waals surface area (Å²) < 4.78 is 0. The number of rotatable bonds is 2. The molecule has 1 rings (SSSR count). The number of carbonyl (C=O) groups excluding carboxylic acids is 2. The average Bonchev–Trinajstić information content (AvgIpc) is 2.32. The van der Waals surface area contributed by atoms with Gasteiger partial charge in [0, 0.05) is 6.54 Å². The van der Waals surface area contributed by atoms with Crippen LogP contribution in [0.25, 0.3) is 0 Å². The molecule has 1 aliphatic rings. The van der Waals surface area contributed by atoms with E-state index in [0.717, 1.165) is 4.90 Å². The molecule has 13 heavy (non-hydrogen) atoms. The fourth-order valence-corrected chi connectivity index (χ4v) is 1.15. The second-order valence-electron chi connectivity index (χ2n) is 3.15. The monoisotopic (exact) mass is 181 g/mol. The lowest BCUT2D eigenvalue weighted by Crippen LogP contribution is -2.34. The summed E-state index contributed by atoms with van der Waals surface area (Å²) in [7, 11) is 0. The topological polar surface area (TPSA) is 73.2 Å². The van der Waals surface area contributed by atoms with Gasteiger partial charge in [-0.15, -0.1) is 0 Å². The summed E-state index contributed by atoms with van der Waals surface area (Å²) in [6.45, 7) is 3.46. The van der Waals surface area contributed by atoms with Crippen LogP contribution in [-0.2, 0) is 4.79 Å². The zero-order valence-electron chi connectivity index (χ0n) is 7.57. The molecule has 1 saturated heterocycles. The van der Waals surface area contributed by atoms with Gasteiger partial charge >= 0.3 is 6.03 Å². The van der Waals surface area contributed by atoms with Gasteiger partial charge in [-0.3, -0.25) is 9.69 Å². The van der Waals surface area contributed by atoms with Crippen LogP contribution < -0.4 is 5.32 Å². The van der Waals surface area contributed by atoms with Crippen molar-refractivity contribution in [3.05, 3.63) is 0 Å². The number of carbonyl (C=O) groups is 2. The van der Waals surface area contributed by atoms with Gasteiger partial charge in [-0.25, -0.2) is 4.79 Å². The van der Waals surface area contributed by atoms with Crippen LogP contribution in [0.15, 0.2) is 0 Å². The standard InChI is InChI=1S/C8H11N3O2/c1-5(3-9)4-11-7(12)6(2)10-8(11)13/h5-6H,4H2,1-2H3,(H,10,13)/t5?,6-/m1/s1. The van der Waals surface area contributed by atoms with Crippen molar-refractivity contribution in [2.24, 2.45) is 5.92 Å². The Morgan fingerprint density at radius 3 is 2.69 bits per heavy atom. The molecule has 5 heteroatoms. The average molecular weight is 181 g/mol. The van der Waals surface area contributed by atoms with E-state index in [-0.39, 0.29) is 18.4 Å². The predicted molar refractivity (Wildman–Crippen MR) is 44.5 cm³/mol. The van der Waals surface area contributed by atoms with Crippen LogP contribution in [0.4, 0.5) is 4.79 Å². The largest absolute Gasteiger partial charge is 0.326 e. The number of hydrogen-bond acceptors (Lipinski definition) is 3. The van der Waals surface area contributed by atoms with Gasteiger partial charge in [0.1, 0.15) is 6.04 Å². The van der Waals surface area contributed by atoms with Gasteiger partial charge in [0.15, 0.2) is 0 Å². The van der Waals surface area contributed by atoms with E-state index in [0.29, 0.717) is 0 Å².